The van der Waals surface area contributed by atoms with Gasteiger partial charge in [-0.3, -0.25) is 5.32 Å². The minimum Gasteiger partial charge on any atom is -0.465 e. The van der Waals surface area contributed by atoms with Crippen LogP contribution < -0.4 is 11.1 Å². The number of hydrogen-bond donors (Lipinski definition) is 2. The number of hydrogen-bond acceptors (Lipinski definition) is 12. The van der Waals surface area contributed by atoms with Gasteiger partial charge in [0.05, 0.1) is 31.0 Å². The molecule has 0 aromatic heterocycles. The van der Waals surface area contributed by atoms with Crippen molar-refractivity contribution in [1.29, 1.82) is 0 Å². The van der Waals surface area contributed by atoms with Crippen LogP contribution in [0.2, 0.25) is 0 Å². The maximum absolute atomic E-state index is 11.7. The van der Waals surface area contributed by atoms with E-state index in [4.69, 9.17) is 19.9 Å². The van der Waals surface area contributed by atoms with Gasteiger partial charge in [-0.05, 0) is 98.7 Å². The van der Waals surface area contributed by atoms with E-state index in [-0.39, 0.29) is 13.0 Å². The maximum Gasteiger partial charge on any atom is 0.519 e. The largest absolute Gasteiger partial charge is 0.519 e. The number of nitrogens with one attached hydrogen (secondary N) is 1. The summed E-state index contributed by atoms with van der Waals surface area (Å²) in [5.41, 5.74) is 4.96. The fourth-order valence-electron chi connectivity index (χ4n) is 2.76. The molecule has 2 aromatic carbocycles. The Balaban J connectivity index is 0. The van der Waals surface area contributed by atoms with E-state index < -0.39 is 47.1 Å². The zero-order chi connectivity index (χ0) is 36.0. The fourth-order valence-corrected chi connectivity index (χ4v) is 3.50. The van der Waals surface area contributed by atoms with Gasteiger partial charge in [0.1, 0.15) is 16.8 Å². The molecule has 0 aliphatic rings. The van der Waals surface area contributed by atoms with Gasteiger partial charge < -0.3 is 34.2 Å². The number of nitrogen functional groups attached to an aromatic ring is 1. The van der Waals surface area contributed by atoms with Crippen molar-refractivity contribution in [2.45, 2.75) is 86.5 Å². The molecule has 47 heavy (non-hydrogen) atoms. The summed E-state index contributed by atoms with van der Waals surface area (Å²) in [6.45, 7) is 15.3. The number of esters is 2. The van der Waals surface area contributed by atoms with Crippen LogP contribution in [0.15, 0.2) is 45.3 Å². The molecule has 0 saturated carbocycles. The van der Waals surface area contributed by atoms with Crippen molar-refractivity contribution in [1.82, 2.24) is 0 Å². The molecule has 0 fully saturated rings. The Morgan fingerprint density at radius 3 is 1.40 bits per heavy atom. The topological polar surface area (TPSA) is 179 Å². The van der Waals surface area contributed by atoms with Gasteiger partial charge in [0, 0.05) is 14.6 Å². The van der Waals surface area contributed by atoms with Crippen molar-refractivity contribution >= 4 is 73.6 Å². The van der Waals surface area contributed by atoms with Gasteiger partial charge >= 0.3 is 30.3 Å². The Bertz CT molecular complexity index is 1350. The zero-order valence-corrected chi connectivity index (χ0v) is 31.0. The smallest absolute Gasteiger partial charge is 0.465 e. The Hall–Kier alpha value is -3.85. The highest BCUT2D eigenvalue weighted by atomic mass is 79.9. The van der Waals surface area contributed by atoms with E-state index in [2.05, 4.69) is 51.4 Å². The number of carbonyl (C=O) groups is 5. The van der Waals surface area contributed by atoms with Gasteiger partial charge in [0.15, 0.2) is 0 Å². The first-order valence-corrected chi connectivity index (χ1v) is 15.1. The minimum atomic E-state index is -1.06. The number of ether oxygens (including phenoxy) is 6. The molecule has 13 nitrogen and oxygen atoms in total. The highest BCUT2D eigenvalue weighted by Crippen LogP contribution is 2.23. The molecule has 0 unspecified atom stereocenters. The van der Waals surface area contributed by atoms with Gasteiger partial charge in [-0.2, -0.15) is 0 Å². The van der Waals surface area contributed by atoms with Crippen LogP contribution in [0.25, 0.3) is 0 Å². The van der Waals surface area contributed by atoms with Gasteiger partial charge in [-0.1, -0.05) is 39.3 Å². The summed E-state index contributed by atoms with van der Waals surface area (Å²) in [5.74, 6) is -0.946. The number of benzene rings is 2. The number of methoxy groups -OCH3 is 2. The molecule has 3 N–H and O–H groups in total. The normalized spacial score (nSPS) is 10.6. The Morgan fingerprint density at radius 1 is 0.638 bits per heavy atom. The highest BCUT2D eigenvalue weighted by Gasteiger charge is 2.24. The summed E-state index contributed by atoms with van der Waals surface area (Å²) in [6, 6.07) is 9.87. The molecule has 2 rings (SSSR count). The van der Waals surface area contributed by atoms with E-state index in [1.807, 2.05) is 0 Å². The quantitative estimate of drug-likeness (QED) is 0.131. The molecule has 0 aliphatic carbocycles. The summed E-state index contributed by atoms with van der Waals surface area (Å²) in [5, 5.41) is 2.53. The van der Waals surface area contributed by atoms with Crippen LogP contribution in [-0.2, 0) is 28.4 Å². The van der Waals surface area contributed by atoms with E-state index in [1.165, 1.54) is 14.2 Å². The van der Waals surface area contributed by atoms with Crippen molar-refractivity contribution in [3.63, 3.8) is 0 Å². The molecule has 0 heterocycles. The van der Waals surface area contributed by atoms with E-state index >= 15 is 0 Å². The standard InChI is InChI=1S/C13H16BrNO4.C10H18O5.C8H8BrNO2.CH4/c1-13(2,3)19-12(17)15-10-7-8(14)5-6-9(10)11(16)18-4;1-9(2,3)14-7(11)13-8(12)15-10(4,5)6;1-12-8(11)6-3-2-5(9)4-7(6)10;/h5-7H,1-4H3,(H,15,17);1-6H3;2-4H,10H2,1H3;1H4. The minimum absolute atomic E-state index is 0. The lowest BCUT2D eigenvalue weighted by Gasteiger charge is -2.20. The van der Waals surface area contributed by atoms with Crippen LogP contribution in [0, 0.1) is 0 Å². The number of amides is 1. The molecule has 0 saturated heterocycles. The van der Waals surface area contributed by atoms with Crippen molar-refractivity contribution in [3.8, 4) is 0 Å². The third-order valence-corrected chi connectivity index (χ3v) is 5.37. The van der Waals surface area contributed by atoms with Gasteiger partial charge in [0.2, 0.25) is 0 Å². The third kappa shape index (κ3) is 20.8. The summed E-state index contributed by atoms with van der Waals surface area (Å²) in [6.07, 6.45) is -2.75. The molecule has 0 spiro atoms. The van der Waals surface area contributed by atoms with Gasteiger partial charge in [-0.25, -0.2) is 24.0 Å². The van der Waals surface area contributed by atoms with Crippen LogP contribution >= 0.6 is 31.9 Å². The van der Waals surface area contributed by atoms with Crippen molar-refractivity contribution in [2.24, 2.45) is 0 Å². The van der Waals surface area contributed by atoms with E-state index in [1.54, 1.807) is 98.7 Å². The summed E-state index contributed by atoms with van der Waals surface area (Å²) < 4.78 is 29.7. The SMILES string of the molecule is C.CC(C)(C)OC(=O)OC(=O)OC(C)(C)C.COC(=O)c1ccc(Br)cc1N.COC(=O)c1ccc(Br)cc1NC(=O)OC(C)(C)C. The second-order valence-corrected chi connectivity index (χ2v) is 13.9. The van der Waals surface area contributed by atoms with Crippen LogP contribution in [0.1, 0.15) is 90.5 Å². The third-order valence-electron chi connectivity index (χ3n) is 4.39. The predicted octanol–water partition coefficient (Wildman–Crippen LogP) is 8.91. The van der Waals surface area contributed by atoms with Crippen LogP contribution in [0.4, 0.5) is 25.8 Å². The van der Waals surface area contributed by atoms with Gasteiger partial charge in [0.25, 0.3) is 0 Å². The van der Waals surface area contributed by atoms with Crippen LogP contribution in [0.5, 0.6) is 0 Å². The molecule has 0 aliphatic heterocycles. The molecule has 1 amide bonds. The number of halogens is 2. The molecule has 0 atom stereocenters. The summed E-state index contributed by atoms with van der Waals surface area (Å²) in [4.78, 5) is 56.3. The maximum atomic E-state index is 11.7. The molecule has 0 bridgehead atoms. The summed E-state index contributed by atoms with van der Waals surface area (Å²) in [7, 11) is 2.60. The number of anilines is 2. The number of carbonyl (C=O) groups excluding carboxylic acids is 5. The lowest BCUT2D eigenvalue weighted by atomic mass is 10.2. The molecular formula is C32H46Br2N2O11. The molecule has 264 valence electrons. The average Bonchev–Trinajstić information content (AvgIpc) is 2.85. The number of rotatable bonds is 3. The van der Waals surface area contributed by atoms with Crippen molar-refractivity contribution < 1.29 is 52.4 Å². The zero-order valence-electron chi connectivity index (χ0n) is 27.8. The first-order valence-electron chi connectivity index (χ1n) is 13.5. The molecule has 0 radical (unpaired) electrons. The van der Waals surface area contributed by atoms with E-state index in [0.717, 1.165) is 8.95 Å². The Kier molecular flexibility index (Phi) is 19.0. The lowest BCUT2D eigenvalue weighted by molar-refractivity contribution is -0.0294. The molecular weight excluding hydrogens is 748 g/mol. The van der Waals surface area contributed by atoms with E-state index in [9.17, 15) is 24.0 Å². The second kappa shape index (κ2) is 19.7. The highest BCUT2D eigenvalue weighted by molar-refractivity contribution is 9.10. The fraction of sp³-hybridized carbons (Fsp3) is 0.469. The first kappa shape index (κ1) is 45.3. The molecule has 2 aromatic rings. The van der Waals surface area contributed by atoms with E-state index in [0.29, 0.717) is 16.9 Å². The second-order valence-electron chi connectivity index (χ2n) is 12.1. The van der Waals surface area contributed by atoms with Crippen LogP contribution in [0.3, 0.4) is 0 Å². The average molecular weight is 795 g/mol. The first-order chi connectivity index (χ1) is 20.9. The molecule has 15 heteroatoms. The lowest BCUT2D eigenvalue weighted by Crippen LogP contribution is -2.29. The van der Waals surface area contributed by atoms with Crippen molar-refractivity contribution in [3.05, 3.63) is 56.5 Å². The predicted molar refractivity (Wildman–Crippen MR) is 186 cm³/mol. The number of nitrogens with two attached hydrogens (primary N) is 1. The van der Waals surface area contributed by atoms with Gasteiger partial charge in [-0.15, -0.1) is 0 Å². The summed E-state index contributed by atoms with van der Waals surface area (Å²) >= 11 is 6.51. The van der Waals surface area contributed by atoms with Crippen LogP contribution in [-0.4, -0.2) is 61.4 Å². The monoisotopic (exact) mass is 792 g/mol. The Morgan fingerprint density at radius 2 is 1.02 bits per heavy atom. The van der Waals surface area contributed by atoms with Crippen molar-refractivity contribution in [2.75, 3.05) is 25.3 Å². The Labute approximate surface area is 293 Å².